The number of hydrogen-bond donors (Lipinski definition) is 4. The molecule has 3 atom stereocenters. The lowest BCUT2D eigenvalue weighted by Crippen LogP contribution is -2.74. The number of nitrogens with two attached hydrogens (primary N) is 2. The van der Waals surface area contributed by atoms with Crippen LogP contribution in [0.5, 0.6) is 0 Å². The van der Waals surface area contributed by atoms with Gasteiger partial charge in [-0.1, -0.05) is 23.4 Å². The van der Waals surface area contributed by atoms with Gasteiger partial charge in [-0.25, -0.2) is 9.67 Å². The number of nitrogen functional groups attached to an aromatic ring is 1. The fraction of sp³-hybridized carbons (Fsp3) is 0.412. The van der Waals surface area contributed by atoms with Gasteiger partial charge in [0.2, 0.25) is 17.0 Å². The summed E-state index contributed by atoms with van der Waals surface area (Å²) in [5, 5.41) is 25.3. The van der Waals surface area contributed by atoms with Gasteiger partial charge in [-0.3, -0.25) is 19.2 Å². The topological polar surface area (TPSA) is 212 Å². The van der Waals surface area contributed by atoms with Crippen LogP contribution in [0, 0.1) is 5.41 Å². The average molecular weight is 560 g/mol. The minimum absolute atomic E-state index is 0.0480. The van der Waals surface area contributed by atoms with Crippen LogP contribution in [0.4, 0.5) is 5.13 Å². The second kappa shape index (κ2) is 10.00. The number of thioether (sulfide) groups is 2. The molecule has 3 amide bonds. The van der Waals surface area contributed by atoms with E-state index in [1.807, 2.05) is 0 Å². The van der Waals surface area contributed by atoms with Gasteiger partial charge in [0, 0.05) is 29.0 Å². The van der Waals surface area contributed by atoms with Gasteiger partial charge in [0.15, 0.2) is 5.13 Å². The standard InChI is InChI=1S/C17H18ClN9O5S3/c18-1-7(8-3-33-15(20)21-8)11(29)22-10-12(30)26-4-17(14(31)32,5-34-13(10)26)6-35-16-23-24-25-27(16)2-9(19)28/h1,3,10,13H,2,4-6H2,(H2,19,28)(H2,20,21)(H,22,29)(H,31,32)/t10?,13-,17?/m1/s1. The number of hydrogen-bond acceptors (Lipinski definition) is 12. The van der Waals surface area contributed by atoms with Crippen molar-refractivity contribution in [2.75, 3.05) is 23.8 Å². The first-order chi connectivity index (χ1) is 16.6. The second-order valence-electron chi connectivity index (χ2n) is 7.67. The summed E-state index contributed by atoms with van der Waals surface area (Å²) in [5.74, 6) is -2.50. The number of aromatic nitrogens is 5. The van der Waals surface area contributed by atoms with E-state index in [-0.39, 0.29) is 40.5 Å². The molecule has 0 aliphatic carbocycles. The molecule has 186 valence electrons. The van der Waals surface area contributed by atoms with Crippen LogP contribution in [-0.2, 0) is 25.7 Å². The summed E-state index contributed by atoms with van der Waals surface area (Å²) >= 11 is 9.26. The highest BCUT2D eigenvalue weighted by atomic mass is 35.5. The number of primary amides is 1. The van der Waals surface area contributed by atoms with Crippen LogP contribution in [0.15, 0.2) is 16.1 Å². The Morgan fingerprint density at radius 2 is 2.20 bits per heavy atom. The van der Waals surface area contributed by atoms with Crippen LogP contribution < -0.4 is 16.8 Å². The lowest BCUT2D eigenvalue weighted by atomic mass is 9.89. The van der Waals surface area contributed by atoms with Crippen LogP contribution in [0.2, 0.25) is 0 Å². The van der Waals surface area contributed by atoms with Crippen molar-refractivity contribution in [2.45, 2.75) is 23.1 Å². The smallest absolute Gasteiger partial charge is 0.313 e. The lowest BCUT2D eigenvalue weighted by Gasteiger charge is -2.53. The molecule has 18 heteroatoms. The molecule has 4 heterocycles. The third-order valence-corrected chi connectivity index (χ3v) is 9.05. The summed E-state index contributed by atoms with van der Waals surface area (Å²) in [5.41, 5.74) is 10.9. The molecule has 14 nitrogen and oxygen atoms in total. The highest BCUT2D eigenvalue weighted by Gasteiger charge is 2.57. The molecule has 35 heavy (non-hydrogen) atoms. The van der Waals surface area contributed by atoms with Gasteiger partial charge in [-0.15, -0.1) is 28.2 Å². The summed E-state index contributed by atoms with van der Waals surface area (Å²) in [4.78, 5) is 54.4. The van der Waals surface area contributed by atoms with E-state index in [1.54, 1.807) is 5.38 Å². The molecule has 2 aromatic heterocycles. The van der Waals surface area contributed by atoms with Gasteiger partial charge in [0.05, 0.1) is 11.3 Å². The Hall–Kier alpha value is -2.89. The molecule has 0 bridgehead atoms. The number of β-lactam (4-membered cyclic amide) rings is 1. The molecule has 2 aromatic rings. The van der Waals surface area contributed by atoms with Gasteiger partial charge < -0.3 is 26.8 Å². The van der Waals surface area contributed by atoms with Gasteiger partial charge in [-0.05, 0) is 10.4 Å². The molecule has 2 aliphatic rings. The summed E-state index contributed by atoms with van der Waals surface area (Å²) in [6, 6.07) is -0.836. The summed E-state index contributed by atoms with van der Waals surface area (Å²) in [6.45, 7) is -0.305. The minimum atomic E-state index is -1.29. The number of carbonyl (C=O) groups is 4. The van der Waals surface area contributed by atoms with Gasteiger partial charge in [-0.2, -0.15) is 0 Å². The Morgan fingerprint density at radius 1 is 1.43 bits per heavy atom. The number of carboxylic acids is 1. The van der Waals surface area contributed by atoms with E-state index in [0.717, 1.165) is 28.6 Å². The number of nitrogens with zero attached hydrogens (tertiary/aromatic N) is 6. The molecule has 6 N–H and O–H groups in total. The van der Waals surface area contributed by atoms with Crippen LogP contribution >= 0.6 is 46.5 Å². The first kappa shape index (κ1) is 25.2. The first-order valence-corrected chi connectivity index (χ1v) is 13.2. The molecule has 0 saturated carbocycles. The fourth-order valence-electron chi connectivity index (χ4n) is 3.51. The number of carboxylic acid groups (broad SMARTS) is 1. The normalized spacial score (nSPS) is 24.0. The maximum atomic E-state index is 12.8. The number of fused-ring (bicyclic) bond motifs is 1. The van der Waals surface area contributed by atoms with Crippen molar-refractivity contribution < 1.29 is 24.3 Å². The zero-order valence-corrected chi connectivity index (χ0v) is 20.9. The third-order valence-electron chi connectivity index (χ3n) is 5.32. The van der Waals surface area contributed by atoms with Crippen LogP contribution in [0.1, 0.15) is 5.69 Å². The Balaban J connectivity index is 1.41. The number of aliphatic carboxylic acids is 1. The predicted octanol–water partition coefficient (Wildman–Crippen LogP) is -0.960. The number of amides is 3. The summed E-state index contributed by atoms with van der Waals surface area (Å²) in [6.07, 6.45) is 0. The van der Waals surface area contributed by atoms with E-state index in [2.05, 4.69) is 25.8 Å². The van der Waals surface area contributed by atoms with E-state index >= 15 is 0 Å². The van der Waals surface area contributed by atoms with E-state index in [1.165, 1.54) is 21.3 Å². The number of nitrogens with one attached hydrogen (secondary N) is 1. The second-order valence-corrected chi connectivity index (χ2v) is 10.8. The van der Waals surface area contributed by atoms with Crippen LogP contribution in [0.25, 0.3) is 5.57 Å². The number of tetrazole rings is 1. The Bertz CT molecular complexity index is 1220. The van der Waals surface area contributed by atoms with Gasteiger partial charge in [0.25, 0.3) is 5.91 Å². The zero-order valence-electron chi connectivity index (χ0n) is 17.7. The molecular weight excluding hydrogens is 542 g/mol. The number of rotatable bonds is 9. The number of thiazole rings is 1. The molecule has 0 aromatic carbocycles. The molecule has 2 aliphatic heterocycles. The zero-order chi connectivity index (χ0) is 25.3. The van der Waals surface area contributed by atoms with E-state index < -0.39 is 40.5 Å². The Morgan fingerprint density at radius 3 is 2.83 bits per heavy atom. The van der Waals surface area contributed by atoms with Crippen molar-refractivity contribution in [3.05, 3.63) is 16.6 Å². The number of halogens is 1. The molecule has 4 rings (SSSR count). The monoisotopic (exact) mass is 559 g/mol. The van der Waals surface area contributed by atoms with Crippen molar-refractivity contribution in [1.82, 2.24) is 35.4 Å². The largest absolute Gasteiger partial charge is 0.481 e. The van der Waals surface area contributed by atoms with Crippen molar-refractivity contribution in [2.24, 2.45) is 11.1 Å². The van der Waals surface area contributed by atoms with Crippen LogP contribution in [-0.4, -0.2) is 88.4 Å². The maximum Gasteiger partial charge on any atom is 0.313 e. The van der Waals surface area contributed by atoms with Gasteiger partial charge in [0.1, 0.15) is 23.4 Å². The summed E-state index contributed by atoms with van der Waals surface area (Å²) < 4.78 is 1.18. The highest BCUT2D eigenvalue weighted by molar-refractivity contribution is 8.00. The van der Waals surface area contributed by atoms with Crippen LogP contribution in [0.3, 0.4) is 0 Å². The summed E-state index contributed by atoms with van der Waals surface area (Å²) in [7, 11) is 0. The molecular formula is C17H18ClN9O5S3. The SMILES string of the molecule is NC(=O)Cn1nnnc1SCC1(C(=O)O)CS[C@@H]2C(NC(=O)C(=CCl)c3csc(N)n3)C(=O)N2C1. The predicted molar refractivity (Wildman–Crippen MR) is 128 cm³/mol. The molecule has 0 radical (unpaired) electrons. The van der Waals surface area contributed by atoms with Crippen molar-refractivity contribution in [3.63, 3.8) is 0 Å². The van der Waals surface area contributed by atoms with Crippen molar-refractivity contribution in [3.8, 4) is 0 Å². The van der Waals surface area contributed by atoms with Crippen molar-refractivity contribution >= 4 is 80.9 Å². The molecule has 0 spiro atoms. The van der Waals surface area contributed by atoms with E-state index in [4.69, 9.17) is 23.1 Å². The Kier molecular flexibility index (Phi) is 7.20. The van der Waals surface area contributed by atoms with Crippen molar-refractivity contribution in [1.29, 1.82) is 0 Å². The fourth-order valence-corrected chi connectivity index (χ4v) is 7.02. The lowest BCUT2D eigenvalue weighted by molar-refractivity contribution is -0.157. The van der Waals surface area contributed by atoms with E-state index in [0.29, 0.717) is 5.69 Å². The average Bonchev–Trinajstić information content (AvgIpc) is 3.44. The van der Waals surface area contributed by atoms with Gasteiger partial charge >= 0.3 is 5.97 Å². The third kappa shape index (κ3) is 4.93. The molecule has 2 unspecified atom stereocenters. The Labute approximate surface area is 214 Å². The molecule has 2 fully saturated rings. The molecule has 2 saturated heterocycles. The number of carbonyl (C=O) groups excluding carboxylic acids is 3. The first-order valence-electron chi connectivity index (χ1n) is 9.80. The van der Waals surface area contributed by atoms with E-state index in [9.17, 15) is 24.3 Å². The highest BCUT2D eigenvalue weighted by Crippen LogP contribution is 2.44. The number of anilines is 1. The quantitative estimate of drug-likeness (QED) is 0.166. The maximum absolute atomic E-state index is 12.8. The minimum Gasteiger partial charge on any atom is -0.481 e.